The lowest BCUT2D eigenvalue weighted by atomic mass is 9.62. The highest BCUT2D eigenvalue weighted by Crippen LogP contribution is 2.50. The molecule has 3 nitrogen and oxygen atoms in total. The first kappa shape index (κ1) is 23.9. The summed E-state index contributed by atoms with van der Waals surface area (Å²) in [6.45, 7) is 18.7. The van der Waals surface area contributed by atoms with Gasteiger partial charge in [-0.2, -0.15) is 0 Å². The van der Waals surface area contributed by atoms with Gasteiger partial charge in [0.05, 0.1) is 12.6 Å². The maximum absolute atomic E-state index is 9.38. The molecule has 0 aromatic heterocycles. The number of fused-ring (bicyclic) bond motifs is 1. The summed E-state index contributed by atoms with van der Waals surface area (Å²) in [6, 6.07) is 11.2. The van der Waals surface area contributed by atoms with Crippen LogP contribution < -0.4 is 4.90 Å². The number of nitriles is 1. The van der Waals surface area contributed by atoms with Gasteiger partial charge in [0.1, 0.15) is 0 Å². The van der Waals surface area contributed by atoms with E-state index in [4.69, 9.17) is 6.57 Å². The molecule has 0 amide bonds. The van der Waals surface area contributed by atoms with Crippen molar-refractivity contribution in [1.29, 1.82) is 5.26 Å². The van der Waals surface area contributed by atoms with E-state index in [9.17, 15) is 5.26 Å². The maximum atomic E-state index is 9.38. The molecule has 0 saturated carbocycles. The zero-order valence-corrected chi connectivity index (χ0v) is 20.2. The highest BCUT2D eigenvalue weighted by molar-refractivity contribution is 5.72. The molecular formula is C29H37N3. The molecule has 2 aliphatic rings. The predicted molar refractivity (Wildman–Crippen MR) is 135 cm³/mol. The van der Waals surface area contributed by atoms with Crippen LogP contribution in [0.1, 0.15) is 78.2 Å². The molecule has 0 spiro atoms. The Labute approximate surface area is 194 Å². The quantitative estimate of drug-likeness (QED) is 0.311. The first-order chi connectivity index (χ1) is 15.4. The van der Waals surface area contributed by atoms with Crippen LogP contribution in [-0.2, 0) is 0 Å². The number of benzene rings is 1. The Bertz CT molecular complexity index is 953. The van der Waals surface area contributed by atoms with Crippen LogP contribution in [0.2, 0.25) is 0 Å². The molecule has 0 aliphatic heterocycles. The van der Waals surface area contributed by atoms with Crippen molar-refractivity contribution in [2.75, 3.05) is 18.0 Å². The van der Waals surface area contributed by atoms with Gasteiger partial charge >= 0.3 is 0 Å². The molecular weight excluding hydrogens is 390 g/mol. The third kappa shape index (κ3) is 5.34. The number of rotatable bonds is 8. The van der Waals surface area contributed by atoms with Gasteiger partial charge in [-0.25, -0.2) is 10.1 Å². The Balaban J connectivity index is 1.88. The van der Waals surface area contributed by atoms with Crippen molar-refractivity contribution in [3.63, 3.8) is 0 Å². The minimum absolute atomic E-state index is 0.0666. The van der Waals surface area contributed by atoms with E-state index in [1.165, 1.54) is 48.1 Å². The van der Waals surface area contributed by atoms with Crippen LogP contribution in [0.25, 0.3) is 10.4 Å². The van der Waals surface area contributed by atoms with E-state index in [-0.39, 0.29) is 11.1 Å². The smallest absolute Gasteiger partial charge is 0.265 e. The highest BCUT2D eigenvalue weighted by Gasteiger charge is 2.38. The molecule has 0 bridgehead atoms. The third-order valence-corrected chi connectivity index (χ3v) is 7.06. The standard InChI is InChI=1S/C29H37N3/c1-6-8-16-32(17-9-7-2)26-13-10-22(11-14-26)23-12-15-27-24(18-23)19-25(20-29(27,3)4)28(21-30)31-5/h10-11,13-14,18-19,27H,6-9,12,15-17,20H2,1-4H3/b28-25+. The molecule has 168 valence electrons. The fourth-order valence-electron chi connectivity index (χ4n) is 5.19. The Morgan fingerprint density at radius 1 is 1.12 bits per heavy atom. The summed E-state index contributed by atoms with van der Waals surface area (Å²) in [6.07, 6.45) is 12.4. The lowest BCUT2D eigenvalue weighted by Crippen LogP contribution is -2.31. The van der Waals surface area contributed by atoms with Crippen LogP contribution in [0.3, 0.4) is 0 Å². The third-order valence-electron chi connectivity index (χ3n) is 7.06. The summed E-state index contributed by atoms with van der Waals surface area (Å²) in [5.41, 5.74) is 6.47. The highest BCUT2D eigenvalue weighted by atomic mass is 15.1. The molecule has 0 saturated heterocycles. The molecule has 0 heterocycles. The van der Waals surface area contributed by atoms with Crippen LogP contribution in [-0.4, -0.2) is 13.1 Å². The maximum Gasteiger partial charge on any atom is 0.265 e. The zero-order valence-electron chi connectivity index (χ0n) is 20.2. The Morgan fingerprint density at radius 3 is 2.34 bits per heavy atom. The number of hydrogen-bond acceptors (Lipinski definition) is 2. The first-order valence-electron chi connectivity index (χ1n) is 12.2. The second-order valence-electron chi connectivity index (χ2n) is 9.91. The minimum Gasteiger partial charge on any atom is -0.372 e. The summed E-state index contributed by atoms with van der Waals surface area (Å²) < 4.78 is 0. The van der Waals surface area contributed by atoms with Gasteiger partial charge in [-0.1, -0.05) is 64.8 Å². The second-order valence-corrected chi connectivity index (χ2v) is 9.91. The summed E-state index contributed by atoms with van der Waals surface area (Å²) in [7, 11) is 0. The van der Waals surface area contributed by atoms with Crippen molar-refractivity contribution in [1.82, 2.24) is 0 Å². The summed E-state index contributed by atoms with van der Waals surface area (Å²) >= 11 is 0. The van der Waals surface area contributed by atoms with Gasteiger partial charge in [-0.15, -0.1) is 0 Å². The van der Waals surface area contributed by atoms with E-state index in [2.05, 4.69) is 79.9 Å². The summed E-state index contributed by atoms with van der Waals surface area (Å²) in [5.74, 6) is 0.485. The van der Waals surface area contributed by atoms with Crippen LogP contribution in [0.4, 0.5) is 5.69 Å². The van der Waals surface area contributed by atoms with E-state index in [0.717, 1.165) is 37.9 Å². The van der Waals surface area contributed by atoms with Crippen LogP contribution in [0, 0.1) is 29.2 Å². The molecule has 32 heavy (non-hydrogen) atoms. The van der Waals surface area contributed by atoms with Crippen LogP contribution in [0.5, 0.6) is 0 Å². The number of anilines is 1. The fraction of sp³-hybridized carbons (Fsp3) is 0.517. The van der Waals surface area contributed by atoms with Crippen LogP contribution in [0.15, 0.2) is 53.3 Å². The van der Waals surface area contributed by atoms with E-state index in [0.29, 0.717) is 5.92 Å². The lowest BCUT2D eigenvalue weighted by molar-refractivity contribution is 0.227. The Hall–Kier alpha value is -2.78. The topological polar surface area (TPSA) is 31.4 Å². The average molecular weight is 428 g/mol. The van der Waals surface area contributed by atoms with Crippen molar-refractivity contribution >= 4 is 11.3 Å². The van der Waals surface area contributed by atoms with Gasteiger partial charge in [0, 0.05) is 18.8 Å². The number of unbranched alkanes of at least 4 members (excludes halogenated alkanes) is 2. The average Bonchev–Trinajstić information content (AvgIpc) is 2.79. The molecule has 1 atom stereocenters. The second kappa shape index (κ2) is 10.7. The Kier molecular flexibility index (Phi) is 7.98. The van der Waals surface area contributed by atoms with Crippen molar-refractivity contribution in [2.24, 2.45) is 11.3 Å². The van der Waals surface area contributed by atoms with E-state index >= 15 is 0 Å². The van der Waals surface area contributed by atoms with E-state index < -0.39 is 0 Å². The molecule has 1 unspecified atom stereocenters. The lowest BCUT2D eigenvalue weighted by Gasteiger charge is -2.42. The molecule has 3 rings (SSSR count). The monoisotopic (exact) mass is 427 g/mol. The molecule has 1 aromatic carbocycles. The van der Waals surface area contributed by atoms with Crippen molar-refractivity contribution < 1.29 is 0 Å². The first-order valence-corrected chi connectivity index (χ1v) is 12.2. The van der Waals surface area contributed by atoms with Crippen molar-refractivity contribution in [3.05, 3.63) is 70.2 Å². The molecule has 0 fully saturated rings. The van der Waals surface area contributed by atoms with Gasteiger partial charge < -0.3 is 4.90 Å². The molecule has 3 heteroatoms. The normalized spacial score (nSPS) is 20.9. The minimum atomic E-state index is 0.0666. The zero-order chi connectivity index (χ0) is 23.1. The van der Waals surface area contributed by atoms with Gasteiger partial charge in [0.15, 0.2) is 0 Å². The summed E-state index contributed by atoms with van der Waals surface area (Å²) in [4.78, 5) is 6.00. The number of allylic oxidation sites excluding steroid dienone is 6. The van der Waals surface area contributed by atoms with Crippen molar-refractivity contribution in [3.8, 4) is 6.07 Å². The number of nitrogens with zero attached hydrogens (tertiary/aromatic N) is 3. The molecule has 0 radical (unpaired) electrons. The van der Waals surface area contributed by atoms with Gasteiger partial charge in [0.2, 0.25) is 0 Å². The Morgan fingerprint density at radius 2 is 1.78 bits per heavy atom. The number of hydrogen-bond donors (Lipinski definition) is 0. The van der Waals surface area contributed by atoms with Gasteiger partial charge in [0.25, 0.3) is 5.70 Å². The van der Waals surface area contributed by atoms with E-state index in [1.807, 2.05) is 0 Å². The SMILES string of the molecule is [C-]#[N+]/C(C#N)=C1\C=C2C=C(c3ccc(N(CCCC)CCCC)cc3)CCC2C(C)(C)C1. The van der Waals surface area contributed by atoms with E-state index in [1.54, 1.807) is 0 Å². The van der Waals surface area contributed by atoms with Crippen molar-refractivity contribution in [2.45, 2.75) is 72.6 Å². The summed E-state index contributed by atoms with van der Waals surface area (Å²) in [5, 5.41) is 9.38. The fourth-order valence-corrected chi connectivity index (χ4v) is 5.19. The predicted octanol–water partition coefficient (Wildman–Crippen LogP) is 7.94. The van der Waals surface area contributed by atoms with Gasteiger partial charge in [-0.05, 0) is 77.9 Å². The van der Waals surface area contributed by atoms with Gasteiger partial charge in [-0.3, -0.25) is 0 Å². The molecule has 2 aliphatic carbocycles. The largest absolute Gasteiger partial charge is 0.372 e. The molecule has 1 aromatic rings. The molecule has 0 N–H and O–H groups in total. The van der Waals surface area contributed by atoms with Crippen LogP contribution >= 0.6 is 0 Å².